The van der Waals surface area contributed by atoms with Crippen molar-refractivity contribution in [3.63, 3.8) is 0 Å². The van der Waals surface area contributed by atoms with Gasteiger partial charge in [0.2, 0.25) is 0 Å². The van der Waals surface area contributed by atoms with Crippen molar-refractivity contribution in [1.29, 1.82) is 0 Å². The molecule has 0 N–H and O–H groups in total. The first-order valence-electron chi connectivity index (χ1n) is 1.64. The molecular formula is C2H6BBr3OS. The molecule has 0 spiro atoms. The van der Waals surface area contributed by atoms with Crippen LogP contribution in [0.25, 0.3) is 0 Å². The van der Waals surface area contributed by atoms with Crippen LogP contribution in [0, 0.1) is 0 Å². The summed E-state index contributed by atoms with van der Waals surface area (Å²) in [6, 6.07) is 0. The Morgan fingerprint density at radius 2 is 1.25 bits per heavy atom. The molecule has 0 fully saturated rings. The fraction of sp³-hybridized carbons (Fsp3) is 1.00. The van der Waals surface area contributed by atoms with E-state index in [0.29, 0.717) is 0 Å². The third-order valence-electron chi connectivity index (χ3n) is 0. The summed E-state index contributed by atoms with van der Waals surface area (Å²) in [4.78, 5) is 0. The highest BCUT2D eigenvalue weighted by molar-refractivity contribution is 9.69. The number of halogens is 3. The summed E-state index contributed by atoms with van der Waals surface area (Å²) in [7, 11) is 0. The zero-order chi connectivity index (χ0) is 7.15. The lowest BCUT2D eigenvalue weighted by atomic mass is 10.8. The largest absolute Gasteiger partial charge is 0.617 e. The zero-order valence-corrected chi connectivity index (χ0v) is 10.1. The van der Waals surface area contributed by atoms with Gasteiger partial charge in [0.1, 0.15) is 0 Å². The molecule has 0 aliphatic carbocycles. The maximum absolute atomic E-state index is 9.56. The Bertz CT molecular complexity index is 32.8. The van der Waals surface area contributed by atoms with Crippen molar-refractivity contribution in [2.75, 3.05) is 12.5 Å². The van der Waals surface area contributed by atoms with Gasteiger partial charge in [-0.15, -0.1) is 47.3 Å². The van der Waals surface area contributed by atoms with Gasteiger partial charge in [0.05, 0.1) is 12.5 Å². The third-order valence-corrected chi connectivity index (χ3v) is 0. The smallest absolute Gasteiger partial charge is 0.369 e. The van der Waals surface area contributed by atoms with Crippen molar-refractivity contribution in [3.8, 4) is 0 Å². The SMILES string of the molecule is BrB(Br)Br.C[S+](C)[O-]. The quantitative estimate of drug-likeness (QED) is 0.493. The van der Waals surface area contributed by atoms with E-state index >= 15 is 0 Å². The van der Waals surface area contributed by atoms with Gasteiger partial charge in [-0.1, -0.05) is 11.2 Å². The van der Waals surface area contributed by atoms with Crippen LogP contribution in [0.15, 0.2) is 0 Å². The first-order chi connectivity index (χ1) is 3.46. The Hall–Kier alpha value is 1.81. The van der Waals surface area contributed by atoms with Crippen LogP contribution >= 0.6 is 47.3 Å². The molecule has 0 aromatic carbocycles. The Morgan fingerprint density at radius 1 is 1.25 bits per heavy atom. The second-order valence-electron chi connectivity index (χ2n) is 0.989. The van der Waals surface area contributed by atoms with Gasteiger partial charge in [0, 0.05) is 0 Å². The molecule has 1 nitrogen and oxygen atoms in total. The first-order valence-corrected chi connectivity index (χ1v) is 6.35. The van der Waals surface area contributed by atoms with E-state index in [1.165, 1.54) is 0 Å². The van der Waals surface area contributed by atoms with E-state index < -0.39 is 11.2 Å². The summed E-state index contributed by atoms with van der Waals surface area (Å²) in [6.45, 7) is 0. The fourth-order valence-electron chi connectivity index (χ4n) is 0. The average molecular weight is 329 g/mol. The number of rotatable bonds is 0. The van der Waals surface area contributed by atoms with Crippen LogP contribution in [0.4, 0.5) is 0 Å². The van der Waals surface area contributed by atoms with Gasteiger partial charge in [0.25, 0.3) is 0 Å². The minimum Gasteiger partial charge on any atom is -0.617 e. The van der Waals surface area contributed by atoms with E-state index in [1.54, 1.807) is 12.5 Å². The second kappa shape index (κ2) is 8.81. The van der Waals surface area contributed by atoms with Gasteiger partial charge in [-0.25, -0.2) is 0 Å². The topological polar surface area (TPSA) is 23.1 Å². The molecule has 0 saturated carbocycles. The Morgan fingerprint density at radius 3 is 1.25 bits per heavy atom. The minimum atomic E-state index is -0.611. The summed E-state index contributed by atoms with van der Waals surface area (Å²) in [6.07, 6.45) is 3.28. The Kier molecular flexibility index (Phi) is 13.8. The molecule has 0 bridgehead atoms. The lowest BCUT2D eigenvalue weighted by molar-refractivity contribution is 0.606. The van der Waals surface area contributed by atoms with E-state index in [0.717, 1.165) is 0 Å². The molecule has 0 radical (unpaired) electrons. The fourth-order valence-corrected chi connectivity index (χ4v) is 0. The summed E-state index contributed by atoms with van der Waals surface area (Å²) in [5.41, 5.74) is 0. The van der Waals surface area contributed by atoms with Crippen LogP contribution < -0.4 is 0 Å². The molecule has 0 amide bonds. The van der Waals surface area contributed by atoms with E-state index in [1.807, 2.05) is 0 Å². The van der Waals surface area contributed by atoms with E-state index in [4.69, 9.17) is 0 Å². The van der Waals surface area contributed by atoms with E-state index in [2.05, 4.69) is 47.3 Å². The second-order valence-corrected chi connectivity index (χ2v) is 8.91. The predicted molar refractivity (Wildman–Crippen MR) is 52.5 cm³/mol. The maximum atomic E-state index is 9.56. The molecule has 0 aliphatic heterocycles. The lowest BCUT2D eigenvalue weighted by Crippen LogP contribution is -1.86. The van der Waals surface area contributed by atoms with Crippen molar-refractivity contribution < 1.29 is 4.55 Å². The molecular weight excluding hydrogens is 323 g/mol. The Balaban J connectivity index is 0. The molecule has 0 heterocycles. The molecule has 0 aliphatic rings. The van der Waals surface area contributed by atoms with E-state index in [9.17, 15) is 4.55 Å². The van der Waals surface area contributed by atoms with Gasteiger partial charge in [-0.2, -0.15) is 0 Å². The highest BCUT2D eigenvalue weighted by Gasteiger charge is 1.87. The van der Waals surface area contributed by atoms with Crippen LogP contribution in [0.3, 0.4) is 0 Å². The van der Waals surface area contributed by atoms with Crippen molar-refractivity contribution in [2.45, 2.75) is 0 Å². The zero-order valence-electron chi connectivity index (χ0n) is 4.53. The molecule has 0 unspecified atom stereocenters. The van der Waals surface area contributed by atoms with Gasteiger partial charge in [0.15, 0.2) is 0 Å². The van der Waals surface area contributed by atoms with Gasteiger partial charge < -0.3 is 4.55 Å². The Labute approximate surface area is 78.2 Å². The maximum Gasteiger partial charge on any atom is 0.369 e. The van der Waals surface area contributed by atoms with Crippen molar-refractivity contribution in [3.05, 3.63) is 0 Å². The molecule has 6 heteroatoms. The standard InChI is InChI=1S/C2H6OS.BBr3/c1-4(2)3;2-1(3)4/h1-2H3;. The molecule has 0 aromatic rings. The minimum absolute atomic E-state index is 0.271. The molecule has 0 rings (SSSR count). The average Bonchev–Trinajstić information content (AvgIpc) is 1.25. The van der Waals surface area contributed by atoms with E-state index in [-0.39, 0.29) is 3.18 Å². The summed E-state index contributed by atoms with van der Waals surface area (Å²) >= 11 is 8.70. The van der Waals surface area contributed by atoms with Crippen LogP contribution in [0.5, 0.6) is 0 Å². The van der Waals surface area contributed by atoms with Crippen LogP contribution in [0.1, 0.15) is 0 Å². The molecule has 8 heavy (non-hydrogen) atoms. The molecule has 50 valence electrons. The van der Waals surface area contributed by atoms with Crippen LogP contribution in [0.2, 0.25) is 0 Å². The highest BCUT2D eigenvalue weighted by atomic mass is 79.9. The van der Waals surface area contributed by atoms with Gasteiger partial charge in [-0.3, -0.25) is 0 Å². The van der Waals surface area contributed by atoms with Crippen LogP contribution in [-0.2, 0) is 11.2 Å². The number of hydrogen-bond donors (Lipinski definition) is 0. The molecule has 0 aromatic heterocycles. The summed E-state index contributed by atoms with van der Waals surface area (Å²) in [5, 5.41) is 0. The van der Waals surface area contributed by atoms with Gasteiger partial charge >= 0.3 is 3.18 Å². The third kappa shape index (κ3) is 110. The van der Waals surface area contributed by atoms with Crippen LogP contribution in [-0.4, -0.2) is 20.2 Å². The normalized spacial score (nSPS) is 7.88. The van der Waals surface area contributed by atoms with Crippen molar-refractivity contribution in [2.24, 2.45) is 0 Å². The predicted octanol–water partition coefficient (Wildman–Crippen LogP) is 2.15. The monoisotopic (exact) mass is 326 g/mol. The number of hydrogen-bond acceptors (Lipinski definition) is 1. The van der Waals surface area contributed by atoms with Crippen molar-refractivity contribution in [1.82, 2.24) is 0 Å². The highest BCUT2D eigenvalue weighted by Crippen LogP contribution is 2.07. The molecule has 0 saturated heterocycles. The summed E-state index contributed by atoms with van der Waals surface area (Å²) < 4.78 is 9.83. The molecule has 0 atom stereocenters. The van der Waals surface area contributed by atoms with Crippen molar-refractivity contribution >= 4 is 61.6 Å². The lowest BCUT2D eigenvalue weighted by Gasteiger charge is -1.87. The first kappa shape index (κ1) is 12.5. The van der Waals surface area contributed by atoms with Gasteiger partial charge in [-0.05, 0) is 0 Å². The summed E-state index contributed by atoms with van der Waals surface area (Å²) in [5.74, 6) is 0.